The van der Waals surface area contributed by atoms with Gasteiger partial charge in [-0.15, -0.1) is 11.8 Å². The van der Waals surface area contributed by atoms with Gasteiger partial charge in [0.25, 0.3) is 0 Å². The lowest BCUT2D eigenvalue weighted by atomic mass is 10.2. The summed E-state index contributed by atoms with van der Waals surface area (Å²) in [6, 6.07) is 7.74. The fourth-order valence-corrected chi connectivity index (χ4v) is 1.80. The lowest BCUT2D eigenvalue weighted by Gasteiger charge is -2.08. The molecule has 0 aliphatic rings. The molecule has 0 bridgehead atoms. The molecule has 0 aliphatic heterocycles. The quantitative estimate of drug-likeness (QED) is 0.789. The maximum Gasteiger partial charge on any atom is 0.107 e. The molecule has 78 valence electrons. The summed E-state index contributed by atoms with van der Waals surface area (Å²) in [5.74, 6) is 0. The van der Waals surface area contributed by atoms with E-state index in [1.165, 1.54) is 11.8 Å². The third kappa shape index (κ3) is 3.00. The minimum absolute atomic E-state index is 0.602. The van der Waals surface area contributed by atoms with E-state index in [1.807, 2.05) is 31.4 Å². The minimum Gasteiger partial charge on any atom is -0.379 e. The first-order chi connectivity index (χ1) is 7.33. The van der Waals surface area contributed by atoms with E-state index in [4.69, 9.17) is 5.26 Å². The van der Waals surface area contributed by atoms with Crippen LogP contribution in [0.5, 0.6) is 0 Å². The number of thioether (sulfide) groups is 1. The average Bonchev–Trinajstić information content (AvgIpc) is 2.30. The Balaban J connectivity index is 3.12. The molecule has 4 heteroatoms. The van der Waals surface area contributed by atoms with Gasteiger partial charge in [-0.05, 0) is 25.3 Å². The van der Waals surface area contributed by atoms with Crippen LogP contribution in [0.15, 0.2) is 29.4 Å². The van der Waals surface area contributed by atoms with Crippen molar-refractivity contribution in [1.82, 2.24) is 10.3 Å². The van der Waals surface area contributed by atoms with Gasteiger partial charge in [0.1, 0.15) is 11.6 Å². The number of rotatable bonds is 4. The summed E-state index contributed by atoms with van der Waals surface area (Å²) in [5.41, 5.74) is 1.32. The molecule has 3 nitrogen and oxygen atoms in total. The summed E-state index contributed by atoms with van der Waals surface area (Å²) in [5, 5.41) is 13.1. The Hall–Kier alpha value is -1.47. The van der Waals surface area contributed by atoms with Gasteiger partial charge in [0, 0.05) is 12.7 Å². The van der Waals surface area contributed by atoms with Gasteiger partial charge < -0.3 is 5.32 Å². The van der Waals surface area contributed by atoms with E-state index in [9.17, 15) is 0 Å². The molecule has 0 spiro atoms. The standard InChI is InChI=1S/C11H13N3S/c1-3-13-11(15-2)9(8-12)10-6-4-5-7-14-10/h4-7,13H,3H2,1-2H3. The van der Waals surface area contributed by atoms with Crippen LogP contribution in [0.25, 0.3) is 5.57 Å². The first-order valence-electron chi connectivity index (χ1n) is 4.67. The number of hydrogen-bond donors (Lipinski definition) is 1. The van der Waals surface area contributed by atoms with Crippen molar-refractivity contribution in [3.05, 3.63) is 35.1 Å². The lowest BCUT2D eigenvalue weighted by Crippen LogP contribution is -2.11. The molecular weight excluding hydrogens is 206 g/mol. The van der Waals surface area contributed by atoms with Gasteiger partial charge in [-0.3, -0.25) is 4.98 Å². The van der Waals surface area contributed by atoms with Crippen molar-refractivity contribution in [3.63, 3.8) is 0 Å². The Labute approximate surface area is 94.2 Å². The van der Waals surface area contributed by atoms with E-state index in [0.29, 0.717) is 11.3 Å². The number of hydrogen-bond acceptors (Lipinski definition) is 4. The molecule has 1 aromatic heterocycles. The lowest BCUT2D eigenvalue weighted by molar-refractivity contribution is 0.907. The SMILES string of the molecule is CCNC(SC)=C(C#N)c1ccccn1. The second-order valence-electron chi connectivity index (χ2n) is 2.77. The summed E-state index contributed by atoms with van der Waals surface area (Å²) in [6.45, 7) is 2.80. The second-order valence-corrected chi connectivity index (χ2v) is 3.58. The molecule has 0 fully saturated rings. The highest BCUT2D eigenvalue weighted by Crippen LogP contribution is 2.20. The number of nitrogens with zero attached hydrogens (tertiary/aromatic N) is 2. The van der Waals surface area contributed by atoms with Gasteiger partial charge in [-0.2, -0.15) is 5.26 Å². The molecule has 0 amide bonds. The summed E-state index contributed by atoms with van der Waals surface area (Å²) in [6.07, 6.45) is 3.63. The Kier molecular flexibility index (Phi) is 4.72. The van der Waals surface area contributed by atoms with E-state index in [0.717, 1.165) is 11.6 Å². The summed E-state index contributed by atoms with van der Waals surface area (Å²) < 4.78 is 0. The molecule has 0 saturated carbocycles. The Bertz CT molecular complexity index is 379. The summed E-state index contributed by atoms with van der Waals surface area (Å²) >= 11 is 1.53. The molecule has 0 atom stereocenters. The number of nitrogens with one attached hydrogen (secondary N) is 1. The van der Waals surface area contributed by atoms with Crippen LogP contribution in [0.2, 0.25) is 0 Å². The van der Waals surface area contributed by atoms with Crippen LogP contribution in [0.3, 0.4) is 0 Å². The van der Waals surface area contributed by atoms with Crippen LogP contribution in [-0.4, -0.2) is 17.8 Å². The zero-order valence-electron chi connectivity index (χ0n) is 8.82. The third-order valence-electron chi connectivity index (χ3n) is 1.80. The third-order valence-corrected chi connectivity index (χ3v) is 2.56. The van der Waals surface area contributed by atoms with Gasteiger partial charge >= 0.3 is 0 Å². The highest BCUT2D eigenvalue weighted by molar-refractivity contribution is 8.02. The van der Waals surface area contributed by atoms with Crippen molar-refractivity contribution in [2.45, 2.75) is 6.92 Å². The Morgan fingerprint density at radius 3 is 2.87 bits per heavy atom. The van der Waals surface area contributed by atoms with Crippen molar-refractivity contribution in [1.29, 1.82) is 5.26 Å². The molecule has 1 heterocycles. The van der Waals surface area contributed by atoms with Crippen LogP contribution in [0.1, 0.15) is 12.6 Å². The number of allylic oxidation sites excluding steroid dienone is 1. The number of pyridine rings is 1. The van der Waals surface area contributed by atoms with Crippen molar-refractivity contribution in [3.8, 4) is 6.07 Å². The van der Waals surface area contributed by atoms with Crippen LogP contribution < -0.4 is 5.32 Å². The molecule has 0 aliphatic carbocycles. The van der Waals surface area contributed by atoms with E-state index in [1.54, 1.807) is 6.20 Å². The van der Waals surface area contributed by atoms with E-state index in [2.05, 4.69) is 16.4 Å². The van der Waals surface area contributed by atoms with Crippen LogP contribution in [0.4, 0.5) is 0 Å². The molecule has 0 aromatic carbocycles. The first kappa shape index (κ1) is 11.6. The predicted octanol–water partition coefficient (Wildman–Crippen LogP) is 2.25. The average molecular weight is 219 g/mol. The van der Waals surface area contributed by atoms with Crippen molar-refractivity contribution < 1.29 is 0 Å². The van der Waals surface area contributed by atoms with Gasteiger partial charge in [0.2, 0.25) is 0 Å². The molecule has 15 heavy (non-hydrogen) atoms. The van der Waals surface area contributed by atoms with Gasteiger partial charge in [0.15, 0.2) is 0 Å². The molecule has 1 rings (SSSR count). The minimum atomic E-state index is 0.602. The molecule has 0 saturated heterocycles. The van der Waals surface area contributed by atoms with E-state index in [-0.39, 0.29) is 0 Å². The molecule has 1 N–H and O–H groups in total. The Morgan fingerprint density at radius 1 is 1.60 bits per heavy atom. The monoisotopic (exact) mass is 219 g/mol. The van der Waals surface area contributed by atoms with Crippen LogP contribution >= 0.6 is 11.8 Å². The molecule has 1 aromatic rings. The second kappa shape index (κ2) is 6.10. The largest absolute Gasteiger partial charge is 0.379 e. The maximum atomic E-state index is 9.11. The number of nitriles is 1. The normalized spacial score (nSPS) is 11.5. The smallest absolute Gasteiger partial charge is 0.107 e. The predicted molar refractivity (Wildman–Crippen MR) is 64.0 cm³/mol. The Morgan fingerprint density at radius 2 is 2.40 bits per heavy atom. The topological polar surface area (TPSA) is 48.7 Å². The van der Waals surface area contributed by atoms with Crippen molar-refractivity contribution in [2.75, 3.05) is 12.8 Å². The zero-order chi connectivity index (χ0) is 11.1. The number of aromatic nitrogens is 1. The van der Waals surface area contributed by atoms with Crippen molar-refractivity contribution in [2.24, 2.45) is 0 Å². The van der Waals surface area contributed by atoms with E-state index < -0.39 is 0 Å². The molecular formula is C11H13N3S. The maximum absolute atomic E-state index is 9.11. The van der Waals surface area contributed by atoms with E-state index >= 15 is 0 Å². The van der Waals surface area contributed by atoms with Gasteiger partial charge in [0.05, 0.1) is 10.7 Å². The summed E-state index contributed by atoms with van der Waals surface area (Å²) in [7, 11) is 0. The highest BCUT2D eigenvalue weighted by Gasteiger charge is 2.08. The fourth-order valence-electron chi connectivity index (χ4n) is 1.16. The van der Waals surface area contributed by atoms with Gasteiger partial charge in [-0.25, -0.2) is 0 Å². The van der Waals surface area contributed by atoms with Crippen molar-refractivity contribution >= 4 is 17.3 Å². The molecule has 0 unspecified atom stereocenters. The zero-order valence-corrected chi connectivity index (χ0v) is 9.64. The fraction of sp³-hybridized carbons (Fsp3) is 0.273. The van der Waals surface area contributed by atoms with Crippen LogP contribution in [-0.2, 0) is 0 Å². The summed E-state index contributed by atoms with van der Waals surface area (Å²) in [4.78, 5) is 4.17. The van der Waals surface area contributed by atoms with Crippen LogP contribution in [0, 0.1) is 11.3 Å². The first-order valence-corrected chi connectivity index (χ1v) is 5.89. The highest BCUT2D eigenvalue weighted by atomic mass is 32.2. The molecule has 0 radical (unpaired) electrons. The van der Waals surface area contributed by atoms with Gasteiger partial charge in [-0.1, -0.05) is 6.07 Å².